The predicted octanol–water partition coefficient (Wildman–Crippen LogP) is 3.99. The molecule has 2 rings (SSSR count). The zero-order chi connectivity index (χ0) is 15.4. The number of hydrogen-bond donors (Lipinski definition) is 2. The molecule has 0 spiro atoms. The number of nitrogens with two attached hydrogens (primary N) is 1. The van der Waals surface area contributed by atoms with Crippen molar-refractivity contribution in [2.24, 2.45) is 11.7 Å². The molecule has 21 heavy (non-hydrogen) atoms. The summed E-state index contributed by atoms with van der Waals surface area (Å²) in [6.07, 6.45) is 6.72. The highest BCUT2D eigenvalue weighted by Gasteiger charge is 2.15. The second kappa shape index (κ2) is 6.88. The van der Waals surface area contributed by atoms with Gasteiger partial charge in [-0.2, -0.15) is 0 Å². The Kier molecular flexibility index (Phi) is 5.16. The Morgan fingerprint density at radius 2 is 2.05 bits per heavy atom. The molecule has 0 saturated carbocycles. The summed E-state index contributed by atoms with van der Waals surface area (Å²) in [5.41, 5.74) is 11.6. The van der Waals surface area contributed by atoms with Gasteiger partial charge in [0.1, 0.15) is 0 Å². The van der Waals surface area contributed by atoms with E-state index in [4.69, 9.17) is 5.73 Å². The summed E-state index contributed by atoms with van der Waals surface area (Å²) in [5.74, 6) is 0.530. The molecule has 2 atom stereocenters. The van der Waals surface area contributed by atoms with Gasteiger partial charge in [0.2, 0.25) is 0 Å². The molecule has 3 N–H and O–H groups in total. The Labute approximate surface area is 127 Å². The summed E-state index contributed by atoms with van der Waals surface area (Å²) in [6.45, 7) is 7.07. The molecule has 0 saturated heterocycles. The molecule has 0 heterocycles. The first-order valence-electron chi connectivity index (χ1n) is 7.58. The van der Waals surface area contributed by atoms with Crippen molar-refractivity contribution in [2.45, 2.75) is 33.3 Å². The summed E-state index contributed by atoms with van der Waals surface area (Å²) >= 11 is 0. The molecule has 1 aromatic rings. The maximum Gasteiger partial charge on any atom is 0.0802 e. The summed E-state index contributed by atoms with van der Waals surface area (Å²) < 4.78 is 0. The second-order valence-electron chi connectivity index (χ2n) is 5.83. The second-order valence-corrected chi connectivity index (χ2v) is 5.83. The molecule has 2 unspecified atom stereocenters. The van der Waals surface area contributed by atoms with E-state index < -0.39 is 6.10 Å². The van der Waals surface area contributed by atoms with Crippen molar-refractivity contribution in [1.29, 1.82) is 0 Å². The van der Waals surface area contributed by atoms with E-state index in [9.17, 15) is 5.11 Å². The lowest BCUT2D eigenvalue weighted by molar-refractivity contribution is 0.170. The smallest absolute Gasteiger partial charge is 0.0802 e. The molecule has 0 aromatic heterocycles. The van der Waals surface area contributed by atoms with E-state index in [-0.39, 0.29) is 0 Å². The highest BCUT2D eigenvalue weighted by Crippen LogP contribution is 2.31. The summed E-state index contributed by atoms with van der Waals surface area (Å²) in [5, 5.41) is 10.0. The largest absolute Gasteiger partial charge is 0.388 e. The third-order valence-corrected chi connectivity index (χ3v) is 4.21. The Balaban J connectivity index is 2.19. The van der Waals surface area contributed by atoms with Gasteiger partial charge in [-0.1, -0.05) is 48.9 Å². The number of benzene rings is 1. The van der Waals surface area contributed by atoms with Crippen LogP contribution >= 0.6 is 0 Å². The van der Waals surface area contributed by atoms with Gasteiger partial charge in [0.05, 0.1) is 6.10 Å². The average Bonchev–Trinajstić information content (AvgIpc) is 2.71. The molecule has 0 radical (unpaired) electrons. The molecule has 0 aliphatic heterocycles. The van der Waals surface area contributed by atoms with Crippen LogP contribution in [-0.2, 0) is 0 Å². The number of allylic oxidation sites excluding steroid dienone is 5. The van der Waals surface area contributed by atoms with E-state index in [1.807, 2.05) is 18.2 Å². The lowest BCUT2D eigenvalue weighted by Crippen LogP contribution is -2.06. The Bertz CT molecular complexity index is 595. The van der Waals surface area contributed by atoms with Crippen LogP contribution < -0.4 is 5.73 Å². The molecule has 2 nitrogen and oxygen atoms in total. The molecule has 1 aliphatic carbocycles. The van der Waals surface area contributed by atoms with Crippen LogP contribution in [0.1, 0.15) is 44.4 Å². The van der Waals surface area contributed by atoms with Crippen molar-refractivity contribution in [3.63, 3.8) is 0 Å². The van der Waals surface area contributed by atoms with Gasteiger partial charge in [-0.25, -0.2) is 0 Å². The van der Waals surface area contributed by atoms with Crippen LogP contribution in [0.2, 0.25) is 0 Å². The van der Waals surface area contributed by atoms with E-state index >= 15 is 0 Å². The average molecular weight is 283 g/mol. The van der Waals surface area contributed by atoms with Gasteiger partial charge in [0.25, 0.3) is 0 Å². The highest BCUT2D eigenvalue weighted by molar-refractivity contribution is 5.60. The van der Waals surface area contributed by atoms with E-state index in [0.29, 0.717) is 18.9 Å². The fourth-order valence-corrected chi connectivity index (χ4v) is 2.78. The predicted molar refractivity (Wildman–Crippen MR) is 89.7 cm³/mol. The fourth-order valence-electron chi connectivity index (χ4n) is 2.78. The molecule has 2 heteroatoms. The molecular formula is C19H25NO. The minimum Gasteiger partial charge on any atom is -0.388 e. The molecular weight excluding hydrogens is 258 g/mol. The van der Waals surface area contributed by atoms with E-state index in [2.05, 4.69) is 45.1 Å². The van der Waals surface area contributed by atoms with Crippen LogP contribution in [-0.4, -0.2) is 11.7 Å². The molecule has 0 amide bonds. The lowest BCUT2D eigenvalue weighted by atomic mass is 10.0. The van der Waals surface area contributed by atoms with Gasteiger partial charge >= 0.3 is 0 Å². The molecule has 1 aliphatic rings. The topological polar surface area (TPSA) is 46.2 Å². The quantitative estimate of drug-likeness (QED) is 0.858. The van der Waals surface area contributed by atoms with E-state index in [0.717, 1.165) is 11.1 Å². The summed E-state index contributed by atoms with van der Waals surface area (Å²) in [4.78, 5) is 0. The first-order chi connectivity index (χ1) is 10.0. The Morgan fingerprint density at radius 3 is 2.67 bits per heavy atom. The van der Waals surface area contributed by atoms with E-state index in [1.54, 1.807) is 0 Å². The zero-order valence-corrected chi connectivity index (χ0v) is 13.1. The van der Waals surface area contributed by atoms with Crippen molar-refractivity contribution in [3.05, 3.63) is 64.3 Å². The van der Waals surface area contributed by atoms with Gasteiger partial charge in [0, 0.05) is 0 Å². The van der Waals surface area contributed by atoms with Crippen LogP contribution in [0.15, 0.2) is 53.1 Å². The maximum atomic E-state index is 10.0. The lowest BCUT2D eigenvalue weighted by Gasteiger charge is -2.10. The van der Waals surface area contributed by atoms with Gasteiger partial charge < -0.3 is 10.8 Å². The third-order valence-electron chi connectivity index (χ3n) is 4.21. The van der Waals surface area contributed by atoms with Crippen molar-refractivity contribution < 1.29 is 5.11 Å². The van der Waals surface area contributed by atoms with Crippen LogP contribution in [0, 0.1) is 5.92 Å². The highest BCUT2D eigenvalue weighted by atomic mass is 16.3. The zero-order valence-electron chi connectivity index (χ0n) is 13.1. The van der Waals surface area contributed by atoms with Crippen molar-refractivity contribution in [1.82, 2.24) is 0 Å². The monoisotopic (exact) mass is 283 g/mol. The SMILES string of the molecule is CC1=CC(C)C(C)=C1/C=C/c1cccc(C(O)CCN)c1. The summed E-state index contributed by atoms with van der Waals surface area (Å²) in [7, 11) is 0. The molecule has 0 bridgehead atoms. The van der Waals surface area contributed by atoms with Crippen molar-refractivity contribution in [2.75, 3.05) is 6.54 Å². The molecule has 112 valence electrons. The van der Waals surface area contributed by atoms with Crippen LogP contribution in [0.3, 0.4) is 0 Å². The number of aliphatic hydroxyl groups is 1. The van der Waals surface area contributed by atoms with Crippen molar-refractivity contribution >= 4 is 6.08 Å². The minimum absolute atomic E-state index is 0.475. The van der Waals surface area contributed by atoms with Gasteiger partial charge in [-0.3, -0.25) is 0 Å². The van der Waals surface area contributed by atoms with E-state index in [1.165, 1.54) is 16.7 Å². The number of hydrogen-bond acceptors (Lipinski definition) is 2. The maximum absolute atomic E-state index is 10.0. The van der Waals surface area contributed by atoms with Crippen LogP contribution in [0.4, 0.5) is 0 Å². The first kappa shape index (κ1) is 15.7. The third kappa shape index (κ3) is 3.72. The molecule has 0 fully saturated rings. The Morgan fingerprint density at radius 1 is 1.29 bits per heavy atom. The number of rotatable bonds is 5. The van der Waals surface area contributed by atoms with Gasteiger partial charge in [-0.15, -0.1) is 0 Å². The van der Waals surface area contributed by atoms with Crippen LogP contribution in [0.25, 0.3) is 6.08 Å². The standard InChI is InChI=1S/C19H25NO/c1-13-11-14(2)18(15(13)3)8-7-16-5-4-6-17(12-16)19(21)9-10-20/h4-8,11-13,19,21H,9-10,20H2,1-3H3/b8-7+. The Hall–Kier alpha value is -1.64. The minimum atomic E-state index is -0.475. The van der Waals surface area contributed by atoms with Gasteiger partial charge in [0.15, 0.2) is 0 Å². The first-order valence-corrected chi connectivity index (χ1v) is 7.58. The van der Waals surface area contributed by atoms with Gasteiger partial charge in [-0.05, 0) is 61.1 Å². The van der Waals surface area contributed by atoms with Crippen LogP contribution in [0.5, 0.6) is 0 Å². The molecule has 1 aromatic carbocycles. The fraction of sp³-hybridized carbons (Fsp3) is 0.368. The number of aliphatic hydroxyl groups excluding tert-OH is 1. The summed E-state index contributed by atoms with van der Waals surface area (Å²) in [6, 6.07) is 8.02. The van der Waals surface area contributed by atoms with Crippen molar-refractivity contribution in [3.8, 4) is 0 Å². The normalized spacial score (nSPS) is 20.2.